The van der Waals surface area contributed by atoms with Crippen LogP contribution in [0.1, 0.15) is 31.2 Å². The smallest absolute Gasteiger partial charge is 0.157 e. The molecular weight excluding hydrogens is 299 g/mol. The first-order valence-electron chi connectivity index (χ1n) is 6.53. The highest BCUT2D eigenvalue weighted by atomic mass is 35.5. The summed E-state index contributed by atoms with van der Waals surface area (Å²) >= 11 is 7.68. The summed E-state index contributed by atoms with van der Waals surface area (Å²) in [4.78, 5) is 4.79. The minimum absolute atomic E-state index is 0. The van der Waals surface area contributed by atoms with Gasteiger partial charge in [-0.25, -0.2) is 0 Å². The second-order valence-corrected chi connectivity index (χ2v) is 6.35. The maximum Gasteiger partial charge on any atom is 0.157 e. The number of thioether (sulfide) groups is 1. The van der Waals surface area contributed by atoms with Crippen molar-refractivity contribution in [1.82, 2.24) is 5.32 Å². The van der Waals surface area contributed by atoms with E-state index < -0.39 is 0 Å². The molecule has 5 heteroatoms. The Bertz CT molecular complexity index is 447. The summed E-state index contributed by atoms with van der Waals surface area (Å²) in [5.74, 6) is 0.961. The highest BCUT2D eigenvalue weighted by Crippen LogP contribution is 2.28. The van der Waals surface area contributed by atoms with Crippen molar-refractivity contribution < 1.29 is 0 Å². The summed E-state index contributed by atoms with van der Waals surface area (Å²) < 4.78 is 0. The first-order chi connectivity index (χ1) is 8.81. The maximum absolute atomic E-state index is 5.88. The van der Waals surface area contributed by atoms with E-state index in [1.807, 2.05) is 12.1 Å². The molecule has 1 N–H and O–H groups in total. The number of hydrogen-bond acceptors (Lipinski definition) is 3. The Morgan fingerprint density at radius 3 is 2.68 bits per heavy atom. The molecule has 19 heavy (non-hydrogen) atoms. The van der Waals surface area contributed by atoms with Gasteiger partial charge >= 0.3 is 0 Å². The van der Waals surface area contributed by atoms with Crippen molar-refractivity contribution in [1.29, 1.82) is 0 Å². The Hall–Kier alpha value is -0.380. The minimum atomic E-state index is 0. The van der Waals surface area contributed by atoms with Gasteiger partial charge < -0.3 is 5.32 Å². The van der Waals surface area contributed by atoms with Crippen molar-refractivity contribution in [3.63, 3.8) is 0 Å². The van der Waals surface area contributed by atoms with Crippen molar-refractivity contribution in [3.8, 4) is 0 Å². The highest BCUT2D eigenvalue weighted by Gasteiger charge is 2.30. The van der Waals surface area contributed by atoms with Crippen LogP contribution in [0.3, 0.4) is 0 Å². The predicted molar refractivity (Wildman–Crippen MR) is 86.6 cm³/mol. The van der Waals surface area contributed by atoms with E-state index in [1.165, 1.54) is 31.2 Å². The fourth-order valence-electron chi connectivity index (χ4n) is 2.59. The van der Waals surface area contributed by atoms with Gasteiger partial charge in [0.05, 0.1) is 12.1 Å². The van der Waals surface area contributed by atoms with E-state index in [0.29, 0.717) is 12.1 Å². The number of aliphatic imine (C=N–C) groups is 1. The summed E-state index contributed by atoms with van der Waals surface area (Å²) in [6, 6.07) is 9.19. The number of amidine groups is 1. The van der Waals surface area contributed by atoms with E-state index in [1.54, 1.807) is 11.8 Å². The maximum atomic E-state index is 5.88. The van der Waals surface area contributed by atoms with Crippen molar-refractivity contribution in [2.45, 2.75) is 43.5 Å². The lowest BCUT2D eigenvalue weighted by Crippen LogP contribution is -2.36. The van der Waals surface area contributed by atoms with Crippen LogP contribution >= 0.6 is 35.8 Å². The summed E-state index contributed by atoms with van der Waals surface area (Å²) in [5.41, 5.74) is 1.30. The van der Waals surface area contributed by atoms with E-state index in [4.69, 9.17) is 16.6 Å². The van der Waals surface area contributed by atoms with Gasteiger partial charge in [-0.1, -0.05) is 48.3 Å². The summed E-state index contributed by atoms with van der Waals surface area (Å²) in [5, 5.41) is 5.49. The molecule has 3 rings (SSSR count). The number of halogens is 2. The molecule has 2 nitrogen and oxygen atoms in total. The van der Waals surface area contributed by atoms with Crippen LogP contribution in [0.4, 0.5) is 0 Å². The molecule has 0 saturated heterocycles. The van der Waals surface area contributed by atoms with E-state index in [2.05, 4.69) is 17.4 Å². The third-order valence-electron chi connectivity index (χ3n) is 3.61. The Kier molecular flexibility index (Phi) is 5.43. The molecular formula is C14H18Cl2N2S. The van der Waals surface area contributed by atoms with Crippen molar-refractivity contribution in [2.24, 2.45) is 4.99 Å². The second-order valence-electron chi connectivity index (χ2n) is 4.95. The van der Waals surface area contributed by atoms with Crippen LogP contribution in [0.2, 0.25) is 5.02 Å². The lowest BCUT2D eigenvalue weighted by atomic mass is 9.92. The third-order valence-corrected chi connectivity index (χ3v) is 4.84. The van der Waals surface area contributed by atoms with Crippen molar-refractivity contribution >= 4 is 40.9 Å². The van der Waals surface area contributed by atoms with Crippen LogP contribution in [0.5, 0.6) is 0 Å². The Morgan fingerprint density at radius 1 is 1.21 bits per heavy atom. The summed E-state index contributed by atoms with van der Waals surface area (Å²) in [6.45, 7) is 0. The number of fused-ring (bicyclic) bond motifs is 1. The highest BCUT2D eigenvalue weighted by molar-refractivity contribution is 8.13. The second kappa shape index (κ2) is 6.87. The van der Waals surface area contributed by atoms with Gasteiger partial charge in [-0.05, 0) is 30.5 Å². The van der Waals surface area contributed by atoms with Gasteiger partial charge in [0.2, 0.25) is 0 Å². The van der Waals surface area contributed by atoms with Crippen LogP contribution in [0.25, 0.3) is 0 Å². The molecule has 1 aliphatic heterocycles. The van der Waals surface area contributed by atoms with Gasteiger partial charge in [0, 0.05) is 10.8 Å². The standard InChI is InChI=1S/C14H17ClN2S.ClH/c15-11-7-5-10(6-8-11)9-18-14-16-12-3-1-2-4-13(12)17-14;/h5-8,12-13H,1-4,9H2,(H,16,17);1H. The first-order valence-corrected chi connectivity index (χ1v) is 7.89. The Morgan fingerprint density at radius 2 is 1.95 bits per heavy atom. The topological polar surface area (TPSA) is 24.4 Å². The molecule has 2 aliphatic rings. The van der Waals surface area contributed by atoms with E-state index in [-0.39, 0.29) is 12.4 Å². The molecule has 1 saturated carbocycles. The summed E-state index contributed by atoms with van der Waals surface area (Å²) in [7, 11) is 0. The molecule has 2 unspecified atom stereocenters. The van der Waals surface area contributed by atoms with Gasteiger partial charge in [0.25, 0.3) is 0 Å². The Labute approximate surface area is 129 Å². The molecule has 1 heterocycles. The molecule has 1 aromatic rings. The van der Waals surface area contributed by atoms with Crippen molar-refractivity contribution in [2.75, 3.05) is 0 Å². The molecule has 0 spiro atoms. The molecule has 0 radical (unpaired) electrons. The van der Waals surface area contributed by atoms with Crippen LogP contribution in [-0.2, 0) is 5.75 Å². The average molecular weight is 317 g/mol. The quantitative estimate of drug-likeness (QED) is 0.881. The van der Waals surface area contributed by atoms with Crippen LogP contribution in [0, 0.1) is 0 Å². The normalized spacial score (nSPS) is 25.0. The number of benzene rings is 1. The number of nitrogens with zero attached hydrogens (tertiary/aromatic N) is 1. The zero-order chi connectivity index (χ0) is 12.4. The van der Waals surface area contributed by atoms with Gasteiger partial charge in [-0.2, -0.15) is 0 Å². The zero-order valence-electron chi connectivity index (χ0n) is 10.6. The molecule has 2 atom stereocenters. The number of hydrogen-bond donors (Lipinski definition) is 1. The fourth-order valence-corrected chi connectivity index (χ4v) is 3.66. The fraction of sp³-hybridized carbons (Fsp3) is 0.500. The molecule has 1 aliphatic carbocycles. The van der Waals surface area contributed by atoms with Crippen LogP contribution in [0.15, 0.2) is 29.3 Å². The molecule has 0 aromatic heterocycles. The van der Waals surface area contributed by atoms with Crippen LogP contribution < -0.4 is 5.32 Å². The zero-order valence-corrected chi connectivity index (χ0v) is 13.0. The largest absolute Gasteiger partial charge is 0.360 e. The molecule has 1 aromatic carbocycles. The van der Waals surface area contributed by atoms with E-state index >= 15 is 0 Å². The van der Waals surface area contributed by atoms with E-state index in [9.17, 15) is 0 Å². The number of nitrogens with one attached hydrogen (secondary N) is 1. The van der Waals surface area contributed by atoms with E-state index in [0.717, 1.165) is 15.9 Å². The minimum Gasteiger partial charge on any atom is -0.360 e. The van der Waals surface area contributed by atoms with Gasteiger partial charge in [0.1, 0.15) is 0 Å². The van der Waals surface area contributed by atoms with Crippen LogP contribution in [-0.4, -0.2) is 17.3 Å². The molecule has 0 bridgehead atoms. The molecule has 1 fully saturated rings. The predicted octanol–water partition coefficient (Wildman–Crippen LogP) is 4.27. The van der Waals surface area contributed by atoms with Gasteiger partial charge in [-0.3, -0.25) is 4.99 Å². The average Bonchev–Trinajstić information content (AvgIpc) is 2.81. The van der Waals surface area contributed by atoms with Gasteiger partial charge in [0.15, 0.2) is 5.17 Å². The first kappa shape index (κ1) is 15.0. The third kappa shape index (κ3) is 3.80. The lowest BCUT2D eigenvalue weighted by molar-refractivity contribution is 0.385. The molecule has 0 amide bonds. The van der Waals surface area contributed by atoms with Gasteiger partial charge in [-0.15, -0.1) is 12.4 Å². The SMILES string of the molecule is Cl.Clc1ccc(CSC2=NC3CCCCC3N2)cc1. The molecule has 104 valence electrons. The number of rotatable bonds is 2. The monoisotopic (exact) mass is 316 g/mol. The summed E-state index contributed by atoms with van der Waals surface area (Å²) in [6.07, 6.45) is 5.21. The Balaban J connectivity index is 0.00000133. The lowest BCUT2D eigenvalue weighted by Gasteiger charge is -2.23. The van der Waals surface area contributed by atoms with Crippen molar-refractivity contribution in [3.05, 3.63) is 34.9 Å².